The van der Waals surface area contributed by atoms with Gasteiger partial charge < -0.3 is 5.73 Å². The van der Waals surface area contributed by atoms with Gasteiger partial charge in [-0.25, -0.2) is 0 Å². The fourth-order valence-corrected chi connectivity index (χ4v) is 2.35. The van der Waals surface area contributed by atoms with Crippen molar-refractivity contribution in [2.75, 3.05) is 0 Å². The van der Waals surface area contributed by atoms with E-state index in [1.54, 1.807) is 0 Å². The third-order valence-electron chi connectivity index (χ3n) is 3.33. The van der Waals surface area contributed by atoms with E-state index in [1.807, 2.05) is 0 Å². The predicted octanol–water partition coefficient (Wildman–Crippen LogP) is 2.77. The summed E-state index contributed by atoms with van der Waals surface area (Å²) in [7, 11) is 0. The summed E-state index contributed by atoms with van der Waals surface area (Å²) in [6.45, 7) is 0. The van der Waals surface area contributed by atoms with Gasteiger partial charge in [-0.05, 0) is 37.3 Å². The zero-order chi connectivity index (χ0) is 12.5. The molecule has 0 radical (unpaired) electrons. The molecule has 1 aliphatic rings. The Balaban J connectivity index is 2.11. The highest BCUT2D eigenvalue weighted by atomic mass is 19.4. The second kappa shape index (κ2) is 4.64. The average molecular weight is 244 g/mol. The third kappa shape index (κ3) is 2.97. The van der Waals surface area contributed by atoms with Gasteiger partial charge in [-0.1, -0.05) is 6.42 Å². The molecule has 0 unspecified atom stereocenters. The van der Waals surface area contributed by atoms with Gasteiger partial charge in [0.1, 0.15) is 0 Å². The summed E-state index contributed by atoms with van der Waals surface area (Å²) in [6, 6.07) is 2.23. The normalized spacial score (nSPS) is 25.2. The summed E-state index contributed by atoms with van der Waals surface area (Å²) in [5, 5.41) is 0. The highest BCUT2D eigenvalue weighted by molar-refractivity contribution is 5.20. The molecule has 0 spiro atoms. The minimum atomic E-state index is -4.30. The van der Waals surface area contributed by atoms with E-state index in [0.29, 0.717) is 12.1 Å². The van der Waals surface area contributed by atoms with Gasteiger partial charge in [0.15, 0.2) is 0 Å². The van der Waals surface area contributed by atoms with Crippen molar-refractivity contribution in [3.63, 3.8) is 0 Å². The third-order valence-corrected chi connectivity index (χ3v) is 3.33. The number of aromatic nitrogens is 1. The Hall–Kier alpha value is -1.10. The Labute approximate surface area is 98.0 Å². The van der Waals surface area contributed by atoms with Crippen molar-refractivity contribution in [3.8, 4) is 0 Å². The van der Waals surface area contributed by atoms with Crippen molar-refractivity contribution >= 4 is 0 Å². The first-order valence-electron chi connectivity index (χ1n) is 5.74. The van der Waals surface area contributed by atoms with E-state index < -0.39 is 11.7 Å². The van der Waals surface area contributed by atoms with E-state index >= 15 is 0 Å². The monoisotopic (exact) mass is 244 g/mol. The van der Waals surface area contributed by atoms with Crippen LogP contribution in [0.15, 0.2) is 18.3 Å². The van der Waals surface area contributed by atoms with Gasteiger partial charge in [-0.2, -0.15) is 13.2 Å². The van der Waals surface area contributed by atoms with Crippen molar-refractivity contribution in [1.82, 2.24) is 4.98 Å². The number of hydrogen-bond donors (Lipinski definition) is 1. The Morgan fingerprint density at radius 1 is 1.35 bits per heavy atom. The van der Waals surface area contributed by atoms with Crippen molar-refractivity contribution in [2.45, 2.75) is 37.9 Å². The molecule has 17 heavy (non-hydrogen) atoms. The lowest BCUT2D eigenvalue weighted by atomic mass is 9.97. The molecule has 1 aromatic rings. The van der Waals surface area contributed by atoms with E-state index in [-0.39, 0.29) is 12.0 Å². The first kappa shape index (κ1) is 12.4. The first-order chi connectivity index (χ1) is 7.97. The standard InChI is InChI=1S/C12H15F3N2/c13-12(14,15)9-4-5-17-10(7-9)6-8-2-1-3-11(8)16/h4-5,7-8,11H,1-3,6,16H2/t8-,11-/m0/s1. The number of pyridine rings is 1. The van der Waals surface area contributed by atoms with Crippen LogP contribution in [0, 0.1) is 5.92 Å². The Kier molecular flexibility index (Phi) is 3.38. The molecule has 1 aromatic heterocycles. The number of rotatable bonds is 2. The maximum absolute atomic E-state index is 12.5. The number of nitrogens with zero attached hydrogens (tertiary/aromatic N) is 1. The zero-order valence-corrected chi connectivity index (χ0v) is 9.37. The Morgan fingerprint density at radius 2 is 2.12 bits per heavy atom. The minimum absolute atomic E-state index is 0.103. The summed E-state index contributed by atoms with van der Waals surface area (Å²) in [5.41, 5.74) is 5.76. The molecule has 0 aromatic carbocycles. The van der Waals surface area contributed by atoms with Crippen LogP contribution in [0.25, 0.3) is 0 Å². The fraction of sp³-hybridized carbons (Fsp3) is 0.583. The lowest BCUT2D eigenvalue weighted by Gasteiger charge is -2.15. The predicted molar refractivity (Wildman–Crippen MR) is 58.3 cm³/mol. The fourth-order valence-electron chi connectivity index (χ4n) is 2.35. The summed E-state index contributed by atoms with van der Waals surface area (Å²) >= 11 is 0. The van der Waals surface area contributed by atoms with Crippen molar-refractivity contribution in [3.05, 3.63) is 29.6 Å². The quantitative estimate of drug-likeness (QED) is 0.868. The Bertz CT molecular complexity index is 390. The summed E-state index contributed by atoms with van der Waals surface area (Å²) in [4.78, 5) is 4.00. The van der Waals surface area contributed by atoms with Crippen LogP contribution in [0.5, 0.6) is 0 Å². The van der Waals surface area contributed by atoms with Crippen LogP contribution >= 0.6 is 0 Å². The Morgan fingerprint density at radius 3 is 2.71 bits per heavy atom. The maximum Gasteiger partial charge on any atom is 0.416 e. The molecule has 1 saturated carbocycles. The molecule has 0 aliphatic heterocycles. The summed E-state index contributed by atoms with van der Waals surface area (Å²) < 4.78 is 37.5. The topological polar surface area (TPSA) is 38.9 Å². The van der Waals surface area contributed by atoms with Gasteiger partial charge >= 0.3 is 6.18 Å². The van der Waals surface area contributed by atoms with E-state index in [0.717, 1.165) is 31.4 Å². The van der Waals surface area contributed by atoms with Crippen LogP contribution in [0.3, 0.4) is 0 Å². The summed E-state index contributed by atoms with van der Waals surface area (Å²) in [5.74, 6) is 0.269. The maximum atomic E-state index is 12.5. The second-order valence-corrected chi connectivity index (χ2v) is 4.59. The lowest BCUT2D eigenvalue weighted by Crippen LogP contribution is -2.26. The van der Waals surface area contributed by atoms with Crippen molar-refractivity contribution < 1.29 is 13.2 Å². The van der Waals surface area contributed by atoms with E-state index in [1.165, 1.54) is 6.20 Å². The molecular formula is C12H15F3N2. The van der Waals surface area contributed by atoms with Crippen LogP contribution in [0.1, 0.15) is 30.5 Å². The van der Waals surface area contributed by atoms with E-state index in [4.69, 9.17) is 5.73 Å². The molecule has 1 heterocycles. The smallest absolute Gasteiger partial charge is 0.327 e. The molecule has 1 fully saturated rings. The molecule has 1 aliphatic carbocycles. The molecule has 0 bridgehead atoms. The van der Waals surface area contributed by atoms with Crippen LogP contribution in [-0.2, 0) is 12.6 Å². The number of hydrogen-bond acceptors (Lipinski definition) is 2. The highest BCUT2D eigenvalue weighted by Gasteiger charge is 2.31. The number of halogens is 3. The number of alkyl halides is 3. The molecule has 0 amide bonds. The molecule has 2 N–H and O–H groups in total. The molecule has 2 nitrogen and oxygen atoms in total. The van der Waals surface area contributed by atoms with Crippen LogP contribution in [0.4, 0.5) is 13.2 Å². The zero-order valence-electron chi connectivity index (χ0n) is 9.37. The van der Waals surface area contributed by atoms with E-state index in [2.05, 4.69) is 4.98 Å². The van der Waals surface area contributed by atoms with Crippen molar-refractivity contribution in [1.29, 1.82) is 0 Å². The van der Waals surface area contributed by atoms with Crippen LogP contribution in [0.2, 0.25) is 0 Å². The minimum Gasteiger partial charge on any atom is -0.327 e. The van der Waals surface area contributed by atoms with Gasteiger partial charge in [-0.15, -0.1) is 0 Å². The van der Waals surface area contributed by atoms with Gasteiger partial charge in [-0.3, -0.25) is 4.98 Å². The van der Waals surface area contributed by atoms with Gasteiger partial charge in [0.2, 0.25) is 0 Å². The van der Waals surface area contributed by atoms with E-state index in [9.17, 15) is 13.2 Å². The second-order valence-electron chi connectivity index (χ2n) is 4.59. The van der Waals surface area contributed by atoms with Gasteiger partial charge in [0.05, 0.1) is 5.56 Å². The molecular weight excluding hydrogens is 229 g/mol. The highest BCUT2D eigenvalue weighted by Crippen LogP contribution is 2.31. The SMILES string of the molecule is N[C@H]1CCC[C@H]1Cc1cc(C(F)(F)F)ccn1. The van der Waals surface area contributed by atoms with Gasteiger partial charge in [0.25, 0.3) is 0 Å². The van der Waals surface area contributed by atoms with Crippen molar-refractivity contribution in [2.24, 2.45) is 11.7 Å². The molecule has 2 atom stereocenters. The van der Waals surface area contributed by atoms with Gasteiger partial charge in [0, 0.05) is 17.9 Å². The first-order valence-corrected chi connectivity index (χ1v) is 5.74. The largest absolute Gasteiger partial charge is 0.416 e. The lowest BCUT2D eigenvalue weighted by molar-refractivity contribution is -0.137. The molecule has 0 saturated heterocycles. The van der Waals surface area contributed by atoms with Crippen LogP contribution < -0.4 is 5.73 Å². The molecule has 2 rings (SSSR count). The average Bonchev–Trinajstić information content (AvgIpc) is 2.64. The summed E-state index contributed by atoms with van der Waals surface area (Å²) in [6.07, 6.45) is 0.479. The number of nitrogens with two attached hydrogens (primary N) is 1. The molecule has 5 heteroatoms. The molecule has 94 valence electrons. The van der Waals surface area contributed by atoms with Crippen LogP contribution in [-0.4, -0.2) is 11.0 Å².